The molecule has 0 fully saturated rings. The zero-order chi connectivity index (χ0) is 19.2. The molecule has 3 rings (SSSR count). The molecule has 6 heteroatoms. The number of aromatic nitrogens is 3. The van der Waals surface area contributed by atoms with E-state index in [1.807, 2.05) is 30.3 Å². The van der Waals surface area contributed by atoms with Crippen LogP contribution in [0.15, 0.2) is 84.1 Å². The smallest absolute Gasteiger partial charge is 0.128 e. The molecule has 4 nitrogen and oxygen atoms in total. The van der Waals surface area contributed by atoms with E-state index in [1.165, 1.54) is 6.07 Å². The first-order valence-corrected chi connectivity index (χ1v) is 9.05. The molecule has 0 aliphatic carbocycles. The molecule has 0 spiro atoms. The van der Waals surface area contributed by atoms with Crippen molar-refractivity contribution in [2.24, 2.45) is 5.73 Å². The summed E-state index contributed by atoms with van der Waals surface area (Å²) in [5.74, 6) is -0.269. The number of allylic oxidation sites excluding steroid dienone is 4. The van der Waals surface area contributed by atoms with Crippen LogP contribution >= 0.6 is 15.9 Å². The number of nitrogens with zero attached hydrogens (tertiary/aromatic N) is 3. The van der Waals surface area contributed by atoms with Crippen LogP contribution in [-0.2, 0) is 6.54 Å². The van der Waals surface area contributed by atoms with E-state index < -0.39 is 0 Å². The van der Waals surface area contributed by atoms with E-state index in [4.69, 9.17) is 5.73 Å². The van der Waals surface area contributed by atoms with Gasteiger partial charge in [0.05, 0.1) is 22.5 Å². The maximum absolute atomic E-state index is 14.1. The third-order valence-electron chi connectivity index (χ3n) is 3.87. The third kappa shape index (κ3) is 4.80. The predicted octanol–water partition coefficient (Wildman–Crippen LogP) is 4.90. The molecule has 1 aromatic carbocycles. The van der Waals surface area contributed by atoms with Crippen molar-refractivity contribution in [3.8, 4) is 11.4 Å². The van der Waals surface area contributed by atoms with Crippen LogP contribution in [0, 0.1) is 5.82 Å². The van der Waals surface area contributed by atoms with Gasteiger partial charge in [0.1, 0.15) is 11.5 Å². The molecular weight excluding hydrogens is 407 g/mol. The van der Waals surface area contributed by atoms with Crippen molar-refractivity contribution in [1.82, 2.24) is 14.8 Å². The Morgan fingerprint density at radius 2 is 1.96 bits per heavy atom. The second-order valence-electron chi connectivity index (χ2n) is 5.81. The van der Waals surface area contributed by atoms with Crippen molar-refractivity contribution in [3.05, 3.63) is 101 Å². The molecule has 0 aliphatic rings. The van der Waals surface area contributed by atoms with Gasteiger partial charge in [0.15, 0.2) is 0 Å². The highest BCUT2D eigenvalue weighted by atomic mass is 79.9. The van der Waals surface area contributed by atoms with Gasteiger partial charge < -0.3 is 5.73 Å². The Bertz CT molecular complexity index is 1000. The lowest BCUT2D eigenvalue weighted by atomic mass is 10.1. The summed E-state index contributed by atoms with van der Waals surface area (Å²) >= 11 is 3.17. The van der Waals surface area contributed by atoms with Gasteiger partial charge in [0.2, 0.25) is 0 Å². The maximum atomic E-state index is 14.1. The first-order chi connectivity index (χ1) is 13.0. The molecule has 0 saturated heterocycles. The quantitative estimate of drug-likeness (QED) is 0.452. The zero-order valence-electron chi connectivity index (χ0n) is 14.5. The van der Waals surface area contributed by atoms with Crippen LogP contribution in [0.5, 0.6) is 0 Å². The summed E-state index contributed by atoms with van der Waals surface area (Å²) in [5, 5.41) is 4.62. The highest BCUT2D eigenvalue weighted by Gasteiger charge is 2.13. The van der Waals surface area contributed by atoms with Crippen LogP contribution in [0.2, 0.25) is 0 Å². The average Bonchev–Trinajstić information content (AvgIpc) is 3.08. The molecule has 0 aliphatic heterocycles. The SMILES string of the molecule is C=C(/C=C\C=C(/N)Br)c1cc(-c2ccccn2)nn1Cc1ccccc1F. The third-order valence-corrected chi connectivity index (χ3v) is 4.13. The van der Waals surface area contributed by atoms with Gasteiger partial charge in [0.25, 0.3) is 0 Å². The van der Waals surface area contributed by atoms with Crippen LogP contribution in [0.4, 0.5) is 4.39 Å². The Morgan fingerprint density at radius 3 is 2.67 bits per heavy atom. The van der Waals surface area contributed by atoms with Crippen molar-refractivity contribution in [2.75, 3.05) is 0 Å². The van der Waals surface area contributed by atoms with Gasteiger partial charge >= 0.3 is 0 Å². The minimum Gasteiger partial charge on any atom is -0.393 e. The molecular formula is C21H18BrFN4. The van der Waals surface area contributed by atoms with E-state index >= 15 is 0 Å². The van der Waals surface area contributed by atoms with E-state index in [2.05, 4.69) is 32.6 Å². The number of halogens is 2. The molecule has 0 amide bonds. The molecule has 0 unspecified atom stereocenters. The molecule has 2 aromatic heterocycles. The summed E-state index contributed by atoms with van der Waals surface area (Å²) in [6.07, 6.45) is 7.03. The number of benzene rings is 1. The van der Waals surface area contributed by atoms with Gasteiger partial charge in [-0.05, 0) is 51.8 Å². The Kier molecular flexibility index (Phi) is 5.98. The Labute approximate surface area is 165 Å². The minimum atomic E-state index is -0.269. The monoisotopic (exact) mass is 424 g/mol. The molecule has 0 bridgehead atoms. The minimum absolute atomic E-state index is 0.269. The van der Waals surface area contributed by atoms with E-state index in [9.17, 15) is 4.39 Å². The van der Waals surface area contributed by atoms with E-state index in [0.717, 1.165) is 17.0 Å². The fourth-order valence-electron chi connectivity index (χ4n) is 2.56. The van der Waals surface area contributed by atoms with Crippen LogP contribution in [0.3, 0.4) is 0 Å². The number of rotatable bonds is 6. The van der Waals surface area contributed by atoms with Crippen LogP contribution in [-0.4, -0.2) is 14.8 Å². The van der Waals surface area contributed by atoms with Gasteiger partial charge in [-0.15, -0.1) is 0 Å². The second kappa shape index (κ2) is 8.60. The normalized spacial score (nSPS) is 11.9. The maximum Gasteiger partial charge on any atom is 0.128 e. The Hall–Kier alpha value is -2.99. The van der Waals surface area contributed by atoms with Crippen LogP contribution in [0.25, 0.3) is 17.0 Å². The van der Waals surface area contributed by atoms with Gasteiger partial charge in [-0.1, -0.05) is 43.0 Å². The van der Waals surface area contributed by atoms with Crippen molar-refractivity contribution in [1.29, 1.82) is 0 Å². The van der Waals surface area contributed by atoms with Crippen molar-refractivity contribution < 1.29 is 4.39 Å². The van der Waals surface area contributed by atoms with Crippen LogP contribution < -0.4 is 5.73 Å². The van der Waals surface area contributed by atoms with Gasteiger partial charge in [-0.2, -0.15) is 5.10 Å². The lowest BCUT2D eigenvalue weighted by Gasteiger charge is -2.08. The Morgan fingerprint density at radius 1 is 1.19 bits per heavy atom. The first-order valence-electron chi connectivity index (χ1n) is 8.26. The Balaban J connectivity index is 2.00. The topological polar surface area (TPSA) is 56.7 Å². The van der Waals surface area contributed by atoms with Crippen molar-refractivity contribution in [3.63, 3.8) is 0 Å². The largest absolute Gasteiger partial charge is 0.393 e. The lowest BCUT2D eigenvalue weighted by Crippen LogP contribution is -2.07. The van der Waals surface area contributed by atoms with Gasteiger partial charge in [-0.25, -0.2) is 4.39 Å². The molecule has 136 valence electrons. The van der Waals surface area contributed by atoms with Crippen LogP contribution in [0.1, 0.15) is 11.3 Å². The van der Waals surface area contributed by atoms with Crippen molar-refractivity contribution in [2.45, 2.75) is 6.54 Å². The molecule has 27 heavy (non-hydrogen) atoms. The van der Waals surface area contributed by atoms with E-state index in [0.29, 0.717) is 15.9 Å². The summed E-state index contributed by atoms with van der Waals surface area (Å²) in [6, 6.07) is 14.2. The van der Waals surface area contributed by atoms with Gasteiger partial charge in [0, 0.05) is 11.8 Å². The molecule has 0 radical (unpaired) electrons. The summed E-state index contributed by atoms with van der Waals surface area (Å²) in [4.78, 5) is 4.34. The summed E-state index contributed by atoms with van der Waals surface area (Å²) in [5.41, 5.74) is 9.07. The molecule has 3 aromatic rings. The second-order valence-corrected chi connectivity index (χ2v) is 6.73. The molecule has 2 heterocycles. The van der Waals surface area contributed by atoms with E-state index in [1.54, 1.807) is 41.2 Å². The zero-order valence-corrected chi connectivity index (χ0v) is 16.1. The number of nitrogens with two attached hydrogens (primary N) is 1. The molecule has 0 saturated carbocycles. The summed E-state index contributed by atoms with van der Waals surface area (Å²) < 4.78 is 16.4. The predicted molar refractivity (Wildman–Crippen MR) is 110 cm³/mol. The number of pyridine rings is 1. The fraction of sp³-hybridized carbons (Fsp3) is 0.0476. The number of hydrogen-bond donors (Lipinski definition) is 1. The summed E-state index contributed by atoms with van der Waals surface area (Å²) in [6.45, 7) is 4.40. The summed E-state index contributed by atoms with van der Waals surface area (Å²) in [7, 11) is 0. The number of hydrogen-bond acceptors (Lipinski definition) is 3. The molecule has 0 atom stereocenters. The van der Waals surface area contributed by atoms with Crippen molar-refractivity contribution >= 4 is 21.5 Å². The highest BCUT2D eigenvalue weighted by Crippen LogP contribution is 2.23. The van der Waals surface area contributed by atoms with E-state index in [-0.39, 0.29) is 12.4 Å². The fourth-order valence-corrected chi connectivity index (χ4v) is 2.72. The molecule has 2 N–H and O–H groups in total. The first kappa shape index (κ1) is 18.8. The average molecular weight is 425 g/mol. The lowest BCUT2D eigenvalue weighted by molar-refractivity contribution is 0.584. The standard InChI is InChI=1S/C21H18BrFN4/c1-15(7-6-11-21(22)24)20-13-19(18-10-4-5-12-25-18)26-27(20)14-16-8-2-3-9-17(16)23/h2-13H,1,14,24H2/b7-6-,21-11-. The highest BCUT2D eigenvalue weighted by molar-refractivity contribution is 9.11. The van der Waals surface area contributed by atoms with Gasteiger partial charge in [-0.3, -0.25) is 9.67 Å².